The van der Waals surface area contributed by atoms with Crippen LogP contribution in [0.4, 0.5) is 0 Å². The monoisotopic (exact) mass is 506 g/mol. The molecule has 0 heterocycles. The Morgan fingerprint density at radius 3 is 2.35 bits per heavy atom. The molecular weight excluding hydrogens is 460 g/mol. The van der Waals surface area contributed by atoms with Crippen molar-refractivity contribution in [3.63, 3.8) is 0 Å². The number of Topliss-reactive ketones (excluding diaryl/α,β-unsaturated/α-hetero) is 1. The highest BCUT2D eigenvalue weighted by atomic mass is 16.1. The third kappa shape index (κ3) is 4.33. The van der Waals surface area contributed by atoms with Crippen LogP contribution < -0.4 is 5.32 Å². The molecule has 4 aliphatic carbocycles. The van der Waals surface area contributed by atoms with Gasteiger partial charge in [-0.05, 0) is 79.1 Å². The molecule has 1 N–H and O–H groups in total. The fraction of sp³-hybridized carbons (Fsp3) is 0.750. The van der Waals surface area contributed by atoms with E-state index in [0.717, 1.165) is 50.5 Å². The summed E-state index contributed by atoms with van der Waals surface area (Å²) in [4.78, 5) is 38.6. The minimum atomic E-state index is -0.486. The van der Waals surface area contributed by atoms with Crippen molar-refractivity contribution in [2.45, 2.75) is 112 Å². The number of hydrogen-bond acceptors (Lipinski definition) is 4. The Labute approximate surface area is 223 Å². The smallest absolute Gasteiger partial charge is 0.217 e. The minimum Gasteiger partial charge on any atom is -0.351 e. The van der Waals surface area contributed by atoms with Crippen LogP contribution >= 0.6 is 0 Å². The van der Waals surface area contributed by atoms with Gasteiger partial charge in [0, 0.05) is 30.2 Å². The number of rotatable bonds is 4. The van der Waals surface area contributed by atoms with Crippen molar-refractivity contribution in [1.29, 1.82) is 5.26 Å². The number of nitrogens with one attached hydrogen (secondary N) is 1. The number of carbonyl (C=O) groups is 3. The summed E-state index contributed by atoms with van der Waals surface area (Å²) >= 11 is 0. The molecule has 0 radical (unpaired) electrons. The second-order valence-electron chi connectivity index (χ2n) is 14.5. The van der Waals surface area contributed by atoms with Gasteiger partial charge in [0.05, 0.1) is 5.57 Å². The molecule has 1 amide bonds. The van der Waals surface area contributed by atoms with Crippen molar-refractivity contribution in [1.82, 2.24) is 5.32 Å². The summed E-state index contributed by atoms with van der Waals surface area (Å²) in [7, 11) is 0. The standard InChI is InChI=1S/C32H46N2O3/c1-20-16-28(4,5)11-13-32(20,34-22(3)35)14-12-29(6)18-24(36)15-26-30(7)17-23(19-33)27(37)21(2)25(30)9-10-31(26,29)8/h15,17,20-21,25H,9-14,16,18H2,1-8H3,(H,34,35)/t20?,21-,25-,29+,30-,31+,32-/m0/s1. The van der Waals surface area contributed by atoms with Gasteiger partial charge in [-0.2, -0.15) is 5.26 Å². The average molecular weight is 507 g/mol. The van der Waals surface area contributed by atoms with Crippen LogP contribution in [0.1, 0.15) is 107 Å². The molecule has 0 aliphatic heterocycles. The first-order chi connectivity index (χ1) is 17.0. The number of allylic oxidation sites excluding steroid dienone is 4. The summed E-state index contributed by atoms with van der Waals surface area (Å²) in [5, 5.41) is 13.1. The van der Waals surface area contributed by atoms with E-state index in [1.54, 1.807) is 6.92 Å². The van der Waals surface area contributed by atoms with Gasteiger partial charge >= 0.3 is 0 Å². The van der Waals surface area contributed by atoms with Crippen LogP contribution in [0.2, 0.25) is 0 Å². The van der Waals surface area contributed by atoms with Crippen molar-refractivity contribution < 1.29 is 14.4 Å². The molecule has 5 nitrogen and oxygen atoms in total. The molecule has 0 aromatic rings. The topological polar surface area (TPSA) is 87.0 Å². The maximum Gasteiger partial charge on any atom is 0.217 e. The van der Waals surface area contributed by atoms with E-state index in [1.807, 2.05) is 19.1 Å². The molecule has 1 unspecified atom stereocenters. The number of nitriles is 1. The fourth-order valence-corrected chi connectivity index (χ4v) is 9.01. The zero-order chi connectivity index (χ0) is 27.6. The van der Waals surface area contributed by atoms with Crippen molar-refractivity contribution in [2.75, 3.05) is 0 Å². The van der Waals surface area contributed by atoms with E-state index in [2.05, 4.69) is 52.9 Å². The van der Waals surface area contributed by atoms with E-state index in [1.165, 1.54) is 0 Å². The van der Waals surface area contributed by atoms with Crippen molar-refractivity contribution >= 4 is 17.5 Å². The molecule has 2 fully saturated rings. The molecule has 4 aliphatic rings. The van der Waals surface area contributed by atoms with Crippen LogP contribution in [0.25, 0.3) is 0 Å². The lowest BCUT2D eigenvalue weighted by Crippen LogP contribution is -2.58. The predicted octanol–water partition coefficient (Wildman–Crippen LogP) is 6.48. The zero-order valence-electron chi connectivity index (χ0n) is 24.2. The molecule has 0 bridgehead atoms. The van der Waals surface area contributed by atoms with Crippen LogP contribution in [0.5, 0.6) is 0 Å². The average Bonchev–Trinajstić information content (AvgIpc) is 2.79. The number of amides is 1. The molecule has 2 saturated carbocycles. The summed E-state index contributed by atoms with van der Waals surface area (Å²) < 4.78 is 0. The number of nitrogens with zero attached hydrogens (tertiary/aromatic N) is 1. The lowest BCUT2D eigenvalue weighted by molar-refractivity contribution is -0.128. The van der Waals surface area contributed by atoms with Gasteiger partial charge in [-0.25, -0.2) is 0 Å². The van der Waals surface area contributed by atoms with E-state index >= 15 is 0 Å². The molecule has 5 heteroatoms. The lowest BCUT2D eigenvalue weighted by Gasteiger charge is -2.62. The van der Waals surface area contributed by atoms with E-state index in [4.69, 9.17) is 0 Å². The highest BCUT2D eigenvalue weighted by molar-refractivity contribution is 6.02. The van der Waals surface area contributed by atoms with E-state index in [-0.39, 0.29) is 56.7 Å². The summed E-state index contributed by atoms with van der Waals surface area (Å²) in [6, 6.07) is 2.14. The Kier molecular flexibility index (Phi) is 6.71. The number of fused-ring (bicyclic) bond motifs is 3. The molecule has 7 atom stereocenters. The zero-order valence-corrected chi connectivity index (χ0v) is 24.2. The Bertz CT molecular complexity index is 1130. The third-order valence-corrected chi connectivity index (χ3v) is 11.5. The second-order valence-corrected chi connectivity index (χ2v) is 14.5. The van der Waals surface area contributed by atoms with Gasteiger partial charge < -0.3 is 5.32 Å². The van der Waals surface area contributed by atoms with Crippen molar-refractivity contribution in [3.05, 3.63) is 23.3 Å². The summed E-state index contributed by atoms with van der Waals surface area (Å²) in [6.07, 6.45) is 10.9. The van der Waals surface area contributed by atoms with E-state index in [9.17, 15) is 19.6 Å². The van der Waals surface area contributed by atoms with Gasteiger partial charge in [0.1, 0.15) is 6.07 Å². The van der Waals surface area contributed by atoms with Crippen LogP contribution in [0, 0.1) is 50.7 Å². The Morgan fingerprint density at radius 2 is 1.76 bits per heavy atom. The van der Waals surface area contributed by atoms with Crippen molar-refractivity contribution in [3.8, 4) is 6.07 Å². The first kappa shape index (κ1) is 27.8. The molecule has 0 aromatic heterocycles. The molecule has 0 saturated heterocycles. The number of hydrogen-bond donors (Lipinski definition) is 1. The van der Waals surface area contributed by atoms with Gasteiger partial charge in [-0.1, -0.05) is 60.1 Å². The predicted molar refractivity (Wildman–Crippen MR) is 145 cm³/mol. The SMILES string of the molecule is CC(=O)N[C@]1(CC[C@]2(C)CC(=O)C=C3[C@@]4(C)C=C(C#N)C(=O)[C@@H](C)[C@@H]4CC[C@]32C)CCC(C)(C)CC1C. The van der Waals surface area contributed by atoms with E-state index in [0.29, 0.717) is 12.3 Å². The molecule has 0 spiro atoms. The Morgan fingerprint density at radius 1 is 1.08 bits per heavy atom. The van der Waals surface area contributed by atoms with Gasteiger partial charge in [-0.15, -0.1) is 0 Å². The van der Waals surface area contributed by atoms with Gasteiger partial charge in [-0.3, -0.25) is 14.4 Å². The highest BCUT2D eigenvalue weighted by Crippen LogP contribution is 2.67. The second kappa shape index (κ2) is 8.92. The van der Waals surface area contributed by atoms with Crippen LogP contribution in [-0.4, -0.2) is 23.0 Å². The van der Waals surface area contributed by atoms with E-state index < -0.39 is 5.41 Å². The molecule has 4 rings (SSSR count). The summed E-state index contributed by atoms with van der Waals surface area (Å²) in [6.45, 7) is 17.2. The van der Waals surface area contributed by atoms with Crippen LogP contribution in [0.15, 0.2) is 23.3 Å². The van der Waals surface area contributed by atoms with Gasteiger partial charge in [0.15, 0.2) is 11.6 Å². The largest absolute Gasteiger partial charge is 0.351 e. The lowest BCUT2D eigenvalue weighted by atomic mass is 9.42. The van der Waals surface area contributed by atoms with Gasteiger partial charge in [0.2, 0.25) is 5.91 Å². The fourth-order valence-electron chi connectivity index (χ4n) is 9.01. The third-order valence-electron chi connectivity index (χ3n) is 11.5. The summed E-state index contributed by atoms with van der Waals surface area (Å²) in [5.41, 5.74) is 0.365. The Hall–Kier alpha value is -2.22. The first-order valence-electron chi connectivity index (χ1n) is 14.2. The quantitative estimate of drug-likeness (QED) is 0.472. The van der Waals surface area contributed by atoms with Crippen molar-refractivity contribution in [2.24, 2.45) is 39.4 Å². The van der Waals surface area contributed by atoms with Gasteiger partial charge in [0.25, 0.3) is 0 Å². The molecule has 202 valence electrons. The first-order valence-corrected chi connectivity index (χ1v) is 14.2. The molecular formula is C32H46N2O3. The molecule has 0 aromatic carbocycles. The number of carbonyl (C=O) groups excluding carboxylic acids is 3. The Balaban J connectivity index is 1.71. The number of ketones is 2. The maximum atomic E-state index is 13.3. The van der Waals surface area contributed by atoms with Crippen LogP contribution in [-0.2, 0) is 14.4 Å². The minimum absolute atomic E-state index is 0.0197. The van der Waals surface area contributed by atoms with Crippen LogP contribution in [0.3, 0.4) is 0 Å². The maximum absolute atomic E-state index is 13.3. The normalized spacial score (nSPS) is 43.1. The molecule has 37 heavy (non-hydrogen) atoms. The summed E-state index contributed by atoms with van der Waals surface area (Å²) in [5.74, 6) is 0.313. The highest BCUT2D eigenvalue weighted by Gasteiger charge is 2.61.